The Morgan fingerprint density at radius 1 is 1.08 bits per heavy atom. The molecule has 0 bridgehead atoms. The van der Waals surface area contributed by atoms with E-state index in [2.05, 4.69) is 10.4 Å². The van der Waals surface area contributed by atoms with Crippen LogP contribution in [0.3, 0.4) is 0 Å². The highest BCUT2D eigenvalue weighted by Gasteiger charge is 2.10. The van der Waals surface area contributed by atoms with Crippen LogP contribution in [0.15, 0.2) is 59.4 Å². The predicted molar refractivity (Wildman–Crippen MR) is 98.4 cm³/mol. The van der Waals surface area contributed by atoms with Gasteiger partial charge in [0.2, 0.25) is 5.91 Å². The van der Waals surface area contributed by atoms with Crippen LogP contribution in [-0.2, 0) is 11.3 Å². The molecule has 1 heterocycles. The van der Waals surface area contributed by atoms with Gasteiger partial charge in [0, 0.05) is 17.3 Å². The van der Waals surface area contributed by atoms with Gasteiger partial charge in [0.25, 0.3) is 5.56 Å². The van der Waals surface area contributed by atoms with Gasteiger partial charge in [-0.25, -0.2) is 9.07 Å². The maximum Gasteiger partial charge on any atom is 0.267 e. The number of hydrogen-bond donors (Lipinski definition) is 1. The molecule has 0 saturated carbocycles. The fraction of sp³-hybridized carbons (Fsp3) is 0.150. The molecule has 26 heavy (non-hydrogen) atoms. The van der Waals surface area contributed by atoms with Gasteiger partial charge in [0.15, 0.2) is 0 Å². The van der Waals surface area contributed by atoms with E-state index in [-0.39, 0.29) is 23.8 Å². The van der Waals surface area contributed by atoms with E-state index in [1.54, 1.807) is 18.2 Å². The zero-order valence-electron chi connectivity index (χ0n) is 14.5. The van der Waals surface area contributed by atoms with Crippen LogP contribution < -0.4 is 10.9 Å². The van der Waals surface area contributed by atoms with Crippen molar-refractivity contribution in [3.05, 3.63) is 81.9 Å². The molecule has 2 aromatic carbocycles. The van der Waals surface area contributed by atoms with Crippen LogP contribution in [0.25, 0.3) is 11.3 Å². The number of carbonyl (C=O) groups excluding carboxylic acids is 1. The summed E-state index contributed by atoms with van der Waals surface area (Å²) in [4.78, 5) is 24.4. The molecule has 5 nitrogen and oxygen atoms in total. The zero-order chi connectivity index (χ0) is 18.7. The van der Waals surface area contributed by atoms with Gasteiger partial charge in [-0.05, 0) is 61.4 Å². The Balaban J connectivity index is 1.82. The van der Waals surface area contributed by atoms with Crippen molar-refractivity contribution in [1.29, 1.82) is 0 Å². The third-order valence-corrected chi connectivity index (χ3v) is 4.18. The molecule has 0 aliphatic rings. The predicted octanol–water partition coefficient (Wildman–Crippen LogP) is 3.30. The Bertz CT molecular complexity index is 1010. The van der Waals surface area contributed by atoms with Gasteiger partial charge < -0.3 is 5.32 Å². The van der Waals surface area contributed by atoms with E-state index in [1.807, 2.05) is 32.0 Å². The number of anilines is 1. The number of halogens is 1. The van der Waals surface area contributed by atoms with Crippen LogP contribution in [0, 0.1) is 19.7 Å². The molecule has 1 N–H and O–H groups in total. The number of aromatic nitrogens is 2. The van der Waals surface area contributed by atoms with E-state index >= 15 is 0 Å². The number of hydrogen-bond acceptors (Lipinski definition) is 3. The van der Waals surface area contributed by atoms with Gasteiger partial charge in [-0.15, -0.1) is 0 Å². The Hall–Kier alpha value is -3.28. The van der Waals surface area contributed by atoms with Crippen molar-refractivity contribution in [2.45, 2.75) is 20.4 Å². The molecule has 0 saturated heterocycles. The van der Waals surface area contributed by atoms with E-state index in [0.717, 1.165) is 15.8 Å². The Kier molecular flexibility index (Phi) is 4.93. The second kappa shape index (κ2) is 7.31. The number of carbonyl (C=O) groups is 1. The van der Waals surface area contributed by atoms with Crippen LogP contribution in [-0.4, -0.2) is 15.7 Å². The molecule has 6 heteroatoms. The number of amides is 1. The first-order valence-electron chi connectivity index (χ1n) is 8.14. The smallest absolute Gasteiger partial charge is 0.267 e. The maximum absolute atomic E-state index is 13.1. The van der Waals surface area contributed by atoms with E-state index < -0.39 is 0 Å². The van der Waals surface area contributed by atoms with Crippen LogP contribution >= 0.6 is 0 Å². The summed E-state index contributed by atoms with van der Waals surface area (Å²) < 4.78 is 14.2. The van der Waals surface area contributed by atoms with Crippen molar-refractivity contribution >= 4 is 11.6 Å². The minimum atomic E-state index is -0.382. The molecular weight excluding hydrogens is 333 g/mol. The van der Waals surface area contributed by atoms with E-state index in [9.17, 15) is 14.0 Å². The summed E-state index contributed by atoms with van der Waals surface area (Å²) in [5.74, 6) is -0.695. The van der Waals surface area contributed by atoms with Crippen molar-refractivity contribution in [1.82, 2.24) is 9.78 Å². The van der Waals surface area contributed by atoms with Gasteiger partial charge in [-0.1, -0.05) is 12.1 Å². The first-order chi connectivity index (χ1) is 12.4. The van der Waals surface area contributed by atoms with E-state index in [0.29, 0.717) is 16.9 Å². The molecule has 0 unspecified atom stereocenters. The number of aryl methyl sites for hydroxylation is 1. The summed E-state index contributed by atoms with van der Waals surface area (Å²) >= 11 is 0. The third-order valence-electron chi connectivity index (χ3n) is 4.18. The first-order valence-corrected chi connectivity index (χ1v) is 8.14. The molecule has 1 amide bonds. The van der Waals surface area contributed by atoms with Gasteiger partial charge in [-0.2, -0.15) is 5.10 Å². The summed E-state index contributed by atoms with van der Waals surface area (Å²) in [5, 5.41) is 7.02. The average Bonchev–Trinajstić information content (AvgIpc) is 2.62. The minimum Gasteiger partial charge on any atom is -0.324 e. The lowest BCUT2D eigenvalue weighted by Gasteiger charge is -2.11. The molecular formula is C20H18FN3O2. The Labute approximate surface area is 150 Å². The highest BCUT2D eigenvalue weighted by atomic mass is 19.1. The number of rotatable bonds is 4. The van der Waals surface area contributed by atoms with E-state index in [1.165, 1.54) is 18.2 Å². The molecule has 3 aromatic rings. The number of nitrogens with one attached hydrogen (secondary N) is 1. The van der Waals surface area contributed by atoms with Crippen molar-refractivity contribution in [3.63, 3.8) is 0 Å². The summed E-state index contributed by atoms with van der Waals surface area (Å²) in [6.07, 6.45) is 0. The normalized spacial score (nSPS) is 10.6. The van der Waals surface area contributed by atoms with Gasteiger partial charge in [-0.3, -0.25) is 9.59 Å². The highest BCUT2D eigenvalue weighted by Crippen LogP contribution is 2.18. The number of nitrogens with zero attached hydrogens (tertiary/aromatic N) is 2. The third kappa shape index (κ3) is 3.85. The summed E-state index contributed by atoms with van der Waals surface area (Å²) in [5.41, 5.74) is 3.52. The Morgan fingerprint density at radius 3 is 2.54 bits per heavy atom. The standard InChI is InChI=1S/C20H18FN3O2/c1-13-4-3-5-17(14(13)2)22-19(25)12-24-20(26)11-10-18(23-24)15-6-8-16(21)9-7-15/h3-11H,12H2,1-2H3,(H,22,25). The minimum absolute atomic E-state index is 0.207. The van der Waals surface area contributed by atoms with Gasteiger partial charge >= 0.3 is 0 Å². The van der Waals surface area contributed by atoms with Gasteiger partial charge in [0.05, 0.1) is 5.69 Å². The van der Waals surface area contributed by atoms with Crippen molar-refractivity contribution < 1.29 is 9.18 Å². The molecule has 0 atom stereocenters. The monoisotopic (exact) mass is 351 g/mol. The summed E-state index contributed by atoms with van der Waals surface area (Å²) in [6, 6.07) is 14.3. The largest absolute Gasteiger partial charge is 0.324 e. The van der Waals surface area contributed by atoms with Crippen LogP contribution in [0.4, 0.5) is 10.1 Å². The lowest BCUT2D eigenvalue weighted by Crippen LogP contribution is -2.29. The molecule has 132 valence electrons. The van der Waals surface area contributed by atoms with Crippen LogP contribution in [0.5, 0.6) is 0 Å². The molecule has 3 rings (SSSR count). The molecule has 1 aromatic heterocycles. The lowest BCUT2D eigenvalue weighted by molar-refractivity contribution is -0.117. The Morgan fingerprint density at radius 2 is 1.81 bits per heavy atom. The molecule has 0 fully saturated rings. The van der Waals surface area contributed by atoms with Crippen LogP contribution in [0.1, 0.15) is 11.1 Å². The second-order valence-electron chi connectivity index (χ2n) is 6.02. The number of benzene rings is 2. The fourth-order valence-electron chi connectivity index (χ4n) is 2.55. The topological polar surface area (TPSA) is 64.0 Å². The zero-order valence-corrected chi connectivity index (χ0v) is 14.5. The van der Waals surface area contributed by atoms with Crippen LogP contribution in [0.2, 0.25) is 0 Å². The second-order valence-corrected chi connectivity index (χ2v) is 6.02. The van der Waals surface area contributed by atoms with Crippen molar-refractivity contribution in [3.8, 4) is 11.3 Å². The summed E-state index contributed by atoms with van der Waals surface area (Å²) in [6.45, 7) is 3.68. The quantitative estimate of drug-likeness (QED) is 0.784. The average molecular weight is 351 g/mol. The summed E-state index contributed by atoms with van der Waals surface area (Å²) in [7, 11) is 0. The SMILES string of the molecule is Cc1cccc(NC(=O)Cn2nc(-c3ccc(F)cc3)ccc2=O)c1C. The maximum atomic E-state index is 13.1. The van der Waals surface area contributed by atoms with E-state index in [4.69, 9.17) is 0 Å². The molecule has 0 radical (unpaired) electrons. The van der Waals surface area contributed by atoms with Crippen molar-refractivity contribution in [2.24, 2.45) is 0 Å². The molecule has 0 spiro atoms. The molecule has 0 aliphatic heterocycles. The van der Waals surface area contributed by atoms with Crippen molar-refractivity contribution in [2.75, 3.05) is 5.32 Å². The highest BCUT2D eigenvalue weighted by molar-refractivity contribution is 5.91. The van der Waals surface area contributed by atoms with Gasteiger partial charge in [0.1, 0.15) is 12.4 Å². The fourth-order valence-corrected chi connectivity index (χ4v) is 2.55. The molecule has 0 aliphatic carbocycles. The first kappa shape index (κ1) is 17.5. The lowest BCUT2D eigenvalue weighted by atomic mass is 10.1.